The Kier molecular flexibility index (Phi) is 4.34. The molecule has 2 aliphatic carbocycles. The first-order chi connectivity index (χ1) is 12.1. The minimum atomic E-state index is -0.135. The molecular formula is C20H25N3O2. The Morgan fingerprint density at radius 1 is 1.24 bits per heavy atom. The van der Waals surface area contributed by atoms with Crippen molar-refractivity contribution in [2.75, 3.05) is 0 Å². The molecule has 25 heavy (non-hydrogen) atoms. The fraction of sp³-hybridized carbons (Fsp3) is 0.500. The molecule has 2 aliphatic rings. The van der Waals surface area contributed by atoms with Gasteiger partial charge in [-0.15, -0.1) is 0 Å². The van der Waals surface area contributed by atoms with Gasteiger partial charge in [0.2, 0.25) is 0 Å². The monoisotopic (exact) mass is 339 g/mol. The predicted octanol–water partition coefficient (Wildman–Crippen LogP) is 3.43. The average Bonchev–Trinajstić information content (AvgIpc) is 3.36. The lowest BCUT2D eigenvalue weighted by molar-refractivity contribution is -0.0209. The molecule has 0 bridgehead atoms. The van der Waals surface area contributed by atoms with Crippen molar-refractivity contribution < 1.29 is 9.53 Å². The lowest BCUT2D eigenvalue weighted by Gasteiger charge is -2.33. The van der Waals surface area contributed by atoms with Gasteiger partial charge < -0.3 is 10.1 Å². The Morgan fingerprint density at radius 2 is 2.00 bits per heavy atom. The van der Waals surface area contributed by atoms with Crippen LogP contribution in [0.25, 0.3) is 0 Å². The van der Waals surface area contributed by atoms with Gasteiger partial charge in [0.05, 0.1) is 24.4 Å². The number of nitrogens with zero attached hydrogens (tertiary/aromatic N) is 2. The Hall–Kier alpha value is -2.14. The molecule has 5 nitrogen and oxygen atoms in total. The van der Waals surface area contributed by atoms with E-state index in [9.17, 15) is 4.79 Å². The number of nitrogens with one attached hydrogen (secondary N) is 1. The third kappa shape index (κ3) is 3.33. The summed E-state index contributed by atoms with van der Waals surface area (Å²) in [7, 11) is 0. The minimum absolute atomic E-state index is 0.0283. The van der Waals surface area contributed by atoms with Crippen LogP contribution in [0.5, 0.6) is 0 Å². The SMILES string of the molecule is CC(C)OC1c2cnn(C3CC3)c2CCC1NC(=O)c1ccccc1. The zero-order valence-corrected chi connectivity index (χ0v) is 14.8. The summed E-state index contributed by atoms with van der Waals surface area (Å²) in [5.41, 5.74) is 3.12. The van der Waals surface area contributed by atoms with Gasteiger partial charge in [-0.3, -0.25) is 9.48 Å². The average molecular weight is 339 g/mol. The lowest BCUT2D eigenvalue weighted by Crippen LogP contribution is -2.43. The molecule has 1 amide bonds. The van der Waals surface area contributed by atoms with Gasteiger partial charge in [-0.05, 0) is 51.7 Å². The number of rotatable bonds is 5. The first kappa shape index (κ1) is 16.3. The number of aromatic nitrogens is 2. The molecule has 1 fully saturated rings. The highest BCUT2D eigenvalue weighted by molar-refractivity contribution is 5.94. The maximum Gasteiger partial charge on any atom is 0.251 e. The number of hydrogen-bond acceptors (Lipinski definition) is 3. The van der Waals surface area contributed by atoms with E-state index in [-0.39, 0.29) is 24.2 Å². The van der Waals surface area contributed by atoms with Gasteiger partial charge in [-0.25, -0.2) is 0 Å². The minimum Gasteiger partial charge on any atom is -0.369 e. The summed E-state index contributed by atoms with van der Waals surface area (Å²) in [6.07, 6.45) is 6.16. The first-order valence-corrected chi connectivity index (χ1v) is 9.21. The zero-order valence-electron chi connectivity index (χ0n) is 14.8. The number of hydrogen-bond donors (Lipinski definition) is 1. The number of carbonyl (C=O) groups is 1. The van der Waals surface area contributed by atoms with Gasteiger partial charge in [0, 0.05) is 16.8 Å². The maximum atomic E-state index is 12.6. The van der Waals surface area contributed by atoms with Crippen LogP contribution < -0.4 is 5.32 Å². The molecule has 2 aromatic rings. The van der Waals surface area contributed by atoms with Gasteiger partial charge in [0.1, 0.15) is 6.10 Å². The summed E-state index contributed by atoms with van der Waals surface area (Å²) in [6.45, 7) is 4.07. The standard InChI is InChI=1S/C20H25N3O2/c1-13(2)25-19-16-12-21-23(15-8-9-15)18(16)11-10-17(19)22-20(24)14-6-4-3-5-7-14/h3-7,12-13,15,17,19H,8-11H2,1-2H3,(H,22,24). The summed E-state index contributed by atoms with van der Waals surface area (Å²) in [5, 5.41) is 7.80. The van der Waals surface area contributed by atoms with E-state index in [1.54, 1.807) is 0 Å². The van der Waals surface area contributed by atoms with E-state index in [4.69, 9.17) is 4.74 Å². The van der Waals surface area contributed by atoms with Crippen LogP contribution in [0.4, 0.5) is 0 Å². The van der Waals surface area contributed by atoms with E-state index in [2.05, 4.69) is 15.1 Å². The van der Waals surface area contributed by atoms with Crippen molar-refractivity contribution in [3.05, 3.63) is 53.3 Å². The van der Waals surface area contributed by atoms with E-state index < -0.39 is 0 Å². The first-order valence-electron chi connectivity index (χ1n) is 9.21. The highest BCUT2D eigenvalue weighted by atomic mass is 16.5. The van der Waals surface area contributed by atoms with Crippen LogP contribution in [0, 0.1) is 0 Å². The second kappa shape index (κ2) is 6.64. The summed E-state index contributed by atoms with van der Waals surface area (Å²) >= 11 is 0. The molecular weight excluding hydrogens is 314 g/mol. The molecule has 5 heteroatoms. The van der Waals surface area contributed by atoms with Gasteiger partial charge in [0.15, 0.2) is 0 Å². The number of carbonyl (C=O) groups excluding carboxylic acids is 1. The highest BCUT2D eigenvalue weighted by Crippen LogP contribution is 2.40. The molecule has 1 N–H and O–H groups in total. The fourth-order valence-electron chi connectivity index (χ4n) is 3.64. The van der Waals surface area contributed by atoms with Crippen LogP contribution in [0.15, 0.2) is 36.5 Å². The third-order valence-electron chi connectivity index (χ3n) is 4.96. The van der Waals surface area contributed by atoms with E-state index in [0.717, 1.165) is 18.4 Å². The molecule has 4 rings (SSSR count). The molecule has 1 saturated carbocycles. The topological polar surface area (TPSA) is 56.1 Å². The molecule has 1 aromatic heterocycles. The van der Waals surface area contributed by atoms with Crippen molar-refractivity contribution >= 4 is 5.91 Å². The summed E-state index contributed by atoms with van der Waals surface area (Å²) in [4.78, 5) is 12.6. The molecule has 2 unspecified atom stereocenters. The van der Waals surface area contributed by atoms with E-state index in [1.807, 2.05) is 50.4 Å². The van der Waals surface area contributed by atoms with Gasteiger partial charge >= 0.3 is 0 Å². The second-order valence-corrected chi connectivity index (χ2v) is 7.31. The largest absolute Gasteiger partial charge is 0.369 e. The lowest BCUT2D eigenvalue weighted by atomic mass is 9.89. The van der Waals surface area contributed by atoms with Crippen molar-refractivity contribution in [3.63, 3.8) is 0 Å². The summed E-state index contributed by atoms with van der Waals surface area (Å²) in [5.74, 6) is -0.0407. The number of benzene rings is 1. The number of amides is 1. The summed E-state index contributed by atoms with van der Waals surface area (Å²) < 4.78 is 8.39. The Bertz CT molecular complexity index is 750. The zero-order chi connectivity index (χ0) is 17.4. The molecule has 1 aromatic carbocycles. The highest BCUT2D eigenvalue weighted by Gasteiger charge is 2.37. The molecule has 0 saturated heterocycles. The van der Waals surface area contributed by atoms with Crippen LogP contribution in [0.1, 0.15) is 66.9 Å². The number of ether oxygens (including phenoxy) is 1. The molecule has 132 valence electrons. The van der Waals surface area contributed by atoms with Crippen molar-refractivity contribution in [1.29, 1.82) is 0 Å². The predicted molar refractivity (Wildman–Crippen MR) is 95.5 cm³/mol. The molecule has 0 spiro atoms. The van der Waals surface area contributed by atoms with Crippen LogP contribution in [-0.2, 0) is 11.2 Å². The second-order valence-electron chi connectivity index (χ2n) is 7.31. The summed E-state index contributed by atoms with van der Waals surface area (Å²) in [6, 6.07) is 9.91. The van der Waals surface area contributed by atoms with E-state index in [0.29, 0.717) is 11.6 Å². The smallest absolute Gasteiger partial charge is 0.251 e. The van der Waals surface area contributed by atoms with Gasteiger partial charge in [-0.2, -0.15) is 5.10 Å². The molecule has 0 aliphatic heterocycles. The number of fused-ring (bicyclic) bond motifs is 1. The van der Waals surface area contributed by atoms with Crippen LogP contribution in [0.2, 0.25) is 0 Å². The van der Waals surface area contributed by atoms with Crippen LogP contribution in [0.3, 0.4) is 0 Å². The third-order valence-corrected chi connectivity index (χ3v) is 4.96. The van der Waals surface area contributed by atoms with Crippen molar-refractivity contribution in [3.8, 4) is 0 Å². The molecule has 1 heterocycles. The maximum absolute atomic E-state index is 12.6. The van der Waals surface area contributed by atoms with Gasteiger partial charge in [0.25, 0.3) is 5.91 Å². The van der Waals surface area contributed by atoms with Crippen LogP contribution >= 0.6 is 0 Å². The van der Waals surface area contributed by atoms with E-state index in [1.165, 1.54) is 18.5 Å². The Balaban J connectivity index is 1.57. The van der Waals surface area contributed by atoms with Crippen molar-refractivity contribution in [2.24, 2.45) is 0 Å². The molecule has 2 atom stereocenters. The van der Waals surface area contributed by atoms with Crippen molar-refractivity contribution in [2.45, 2.75) is 63.8 Å². The van der Waals surface area contributed by atoms with Gasteiger partial charge in [-0.1, -0.05) is 18.2 Å². The quantitative estimate of drug-likeness (QED) is 0.908. The van der Waals surface area contributed by atoms with Crippen LogP contribution in [-0.4, -0.2) is 27.8 Å². The van der Waals surface area contributed by atoms with E-state index >= 15 is 0 Å². The van der Waals surface area contributed by atoms with Crippen molar-refractivity contribution in [1.82, 2.24) is 15.1 Å². The Morgan fingerprint density at radius 3 is 2.68 bits per heavy atom. The molecule has 0 radical (unpaired) electrons. The Labute approximate surface area is 148 Å². The normalized spacial score (nSPS) is 22.7. The fourth-order valence-corrected chi connectivity index (χ4v) is 3.64.